The second kappa shape index (κ2) is 9.01. The van der Waals surface area contributed by atoms with Gasteiger partial charge in [-0.3, -0.25) is 0 Å². The zero-order valence-corrected chi connectivity index (χ0v) is 21.9. The largest absolute Gasteiger partial charge is 0.355 e. The Labute approximate surface area is 227 Å². The zero-order valence-electron chi connectivity index (χ0n) is 19.7. The Bertz CT molecular complexity index is 1840. The third-order valence-electron chi connectivity index (χ3n) is 6.64. The summed E-state index contributed by atoms with van der Waals surface area (Å²) in [5, 5.41) is 0. The van der Waals surface area contributed by atoms with Gasteiger partial charge < -0.3 is 9.97 Å². The molecular formula is C32H21IN4. The smallest absolute Gasteiger partial charge is 0.0792 e. The van der Waals surface area contributed by atoms with Gasteiger partial charge in [0, 0.05) is 27.7 Å². The van der Waals surface area contributed by atoms with E-state index in [9.17, 15) is 0 Å². The second-order valence-electron chi connectivity index (χ2n) is 9.02. The first-order chi connectivity index (χ1) is 18.2. The van der Waals surface area contributed by atoms with Gasteiger partial charge in [-0.25, -0.2) is 9.97 Å². The molecule has 2 N–H and O–H groups in total. The van der Waals surface area contributed by atoms with Gasteiger partial charge in [-0.05, 0) is 88.4 Å². The second-order valence-corrected chi connectivity index (χ2v) is 10.1. The van der Waals surface area contributed by atoms with Crippen molar-refractivity contribution >= 4 is 69.0 Å². The van der Waals surface area contributed by atoms with Crippen LogP contribution in [0, 0.1) is 3.57 Å². The third-order valence-corrected chi connectivity index (χ3v) is 7.77. The van der Waals surface area contributed by atoms with Crippen LogP contribution in [0.2, 0.25) is 0 Å². The van der Waals surface area contributed by atoms with Crippen LogP contribution in [0.3, 0.4) is 0 Å². The fraction of sp³-hybridized carbons (Fsp3) is 0. The van der Waals surface area contributed by atoms with Crippen molar-refractivity contribution in [2.45, 2.75) is 0 Å². The monoisotopic (exact) mass is 588 g/mol. The number of aromatic nitrogens is 4. The molecule has 5 heterocycles. The first kappa shape index (κ1) is 22.0. The molecule has 4 nitrogen and oxygen atoms in total. The minimum atomic E-state index is 0.909. The Morgan fingerprint density at radius 1 is 0.514 bits per heavy atom. The number of nitrogens with zero attached hydrogens (tertiary/aromatic N) is 2. The van der Waals surface area contributed by atoms with Gasteiger partial charge in [-0.2, -0.15) is 0 Å². The Hall–Kier alpha value is -4.23. The summed E-state index contributed by atoms with van der Waals surface area (Å²) in [4.78, 5) is 17.3. The summed E-state index contributed by atoms with van der Waals surface area (Å²) in [7, 11) is 0. The molecule has 0 unspecified atom stereocenters. The van der Waals surface area contributed by atoms with Crippen molar-refractivity contribution in [2.24, 2.45) is 0 Å². The van der Waals surface area contributed by atoms with Crippen LogP contribution in [-0.4, -0.2) is 19.9 Å². The molecule has 7 rings (SSSR count). The Kier molecular flexibility index (Phi) is 5.36. The molecule has 3 aromatic heterocycles. The van der Waals surface area contributed by atoms with Crippen LogP contribution in [-0.2, 0) is 0 Å². The molecule has 0 radical (unpaired) electrons. The van der Waals surface area contributed by atoms with E-state index in [-0.39, 0.29) is 0 Å². The molecule has 176 valence electrons. The van der Waals surface area contributed by atoms with Crippen molar-refractivity contribution in [2.75, 3.05) is 0 Å². The molecular weight excluding hydrogens is 567 g/mol. The van der Waals surface area contributed by atoms with E-state index in [2.05, 4.69) is 136 Å². The maximum absolute atomic E-state index is 5.08. The van der Waals surface area contributed by atoms with Gasteiger partial charge in [-0.15, -0.1) is 0 Å². The van der Waals surface area contributed by atoms with E-state index in [4.69, 9.17) is 9.97 Å². The molecule has 2 aliphatic heterocycles. The minimum Gasteiger partial charge on any atom is -0.355 e. The molecule has 5 heteroatoms. The molecule has 0 amide bonds. The van der Waals surface area contributed by atoms with Crippen LogP contribution in [0.5, 0.6) is 0 Å². The van der Waals surface area contributed by atoms with E-state index in [1.165, 1.54) is 0 Å². The van der Waals surface area contributed by atoms with Crippen LogP contribution in [0.4, 0.5) is 0 Å². The predicted molar refractivity (Wildman–Crippen MR) is 162 cm³/mol. The molecule has 2 aliphatic rings. The summed E-state index contributed by atoms with van der Waals surface area (Å²) in [5.41, 5.74) is 12.2. The summed E-state index contributed by atoms with van der Waals surface area (Å²) in [6.45, 7) is 0. The molecule has 0 saturated carbocycles. The lowest BCUT2D eigenvalue weighted by molar-refractivity contribution is 1.30. The number of aromatic amines is 2. The summed E-state index contributed by atoms with van der Waals surface area (Å²) < 4.78 is 1.07. The van der Waals surface area contributed by atoms with Gasteiger partial charge in [0.15, 0.2) is 0 Å². The fourth-order valence-electron chi connectivity index (χ4n) is 4.92. The Balaban J connectivity index is 1.61. The van der Waals surface area contributed by atoms with E-state index in [1.807, 2.05) is 12.1 Å². The molecule has 0 spiro atoms. The molecule has 37 heavy (non-hydrogen) atoms. The van der Waals surface area contributed by atoms with Crippen LogP contribution in [0.25, 0.3) is 68.6 Å². The lowest BCUT2D eigenvalue weighted by atomic mass is 10.0. The number of halogens is 1. The van der Waals surface area contributed by atoms with Crippen molar-refractivity contribution in [3.63, 3.8) is 0 Å². The standard InChI is InChI=1S/C32H21IN4/c33-32-28-17-15-26(36-28)30(20-7-3-1-4-8-20)24-13-11-22(34-24)19-23-12-14-25(35-23)31(21-9-5-2-6-10-21)27-16-18-29(32)37-27/h1-19,34,37H. The van der Waals surface area contributed by atoms with E-state index >= 15 is 0 Å². The summed E-state index contributed by atoms with van der Waals surface area (Å²) in [6.07, 6.45) is 8.37. The highest BCUT2D eigenvalue weighted by Gasteiger charge is 2.14. The summed E-state index contributed by atoms with van der Waals surface area (Å²) >= 11 is 2.39. The zero-order chi connectivity index (χ0) is 24.8. The SMILES string of the molecule is Ic1c2nc(c(-c3ccccc3)c3ccc(cc4nc(c(-c5ccccc5)c5ccc1[nH]5)C=C4)[nH]3)C=C2. The molecule has 2 aromatic carbocycles. The van der Waals surface area contributed by atoms with E-state index < -0.39 is 0 Å². The molecule has 5 aromatic rings. The van der Waals surface area contributed by atoms with Crippen molar-refractivity contribution in [3.05, 3.63) is 117 Å². The molecule has 0 saturated heterocycles. The quantitative estimate of drug-likeness (QED) is 0.199. The van der Waals surface area contributed by atoms with Gasteiger partial charge in [0.25, 0.3) is 0 Å². The van der Waals surface area contributed by atoms with Crippen LogP contribution >= 0.6 is 22.6 Å². The molecule has 8 bridgehead atoms. The van der Waals surface area contributed by atoms with Crippen molar-refractivity contribution in [1.29, 1.82) is 0 Å². The van der Waals surface area contributed by atoms with Crippen LogP contribution in [0.1, 0.15) is 22.8 Å². The van der Waals surface area contributed by atoms with Gasteiger partial charge >= 0.3 is 0 Å². The maximum Gasteiger partial charge on any atom is 0.0792 e. The number of nitrogens with one attached hydrogen (secondary N) is 2. The minimum absolute atomic E-state index is 0.909. The number of rotatable bonds is 2. The topological polar surface area (TPSA) is 57.4 Å². The Morgan fingerprint density at radius 2 is 1.08 bits per heavy atom. The highest BCUT2D eigenvalue weighted by molar-refractivity contribution is 14.1. The first-order valence-corrected chi connectivity index (χ1v) is 13.2. The highest BCUT2D eigenvalue weighted by Crippen LogP contribution is 2.33. The Morgan fingerprint density at radius 3 is 1.81 bits per heavy atom. The first-order valence-electron chi connectivity index (χ1n) is 12.1. The molecule has 0 fully saturated rings. The van der Waals surface area contributed by atoms with Gasteiger partial charge in [-0.1, -0.05) is 60.7 Å². The normalized spacial score (nSPS) is 12.2. The number of benzene rings is 2. The average molecular weight is 588 g/mol. The van der Waals surface area contributed by atoms with E-state index in [0.29, 0.717) is 0 Å². The maximum atomic E-state index is 5.08. The van der Waals surface area contributed by atoms with Crippen LogP contribution < -0.4 is 0 Å². The summed E-state index contributed by atoms with van der Waals surface area (Å²) in [5.74, 6) is 0. The third kappa shape index (κ3) is 4.01. The van der Waals surface area contributed by atoms with E-state index in [0.717, 1.165) is 70.7 Å². The van der Waals surface area contributed by atoms with Crippen molar-refractivity contribution < 1.29 is 0 Å². The van der Waals surface area contributed by atoms with Gasteiger partial charge in [0.05, 0.1) is 31.9 Å². The predicted octanol–water partition coefficient (Wildman–Crippen LogP) is 8.59. The average Bonchev–Trinajstić information content (AvgIpc) is 3.74. The lowest BCUT2D eigenvalue weighted by Gasteiger charge is -2.04. The van der Waals surface area contributed by atoms with Gasteiger partial charge in [0.1, 0.15) is 0 Å². The molecule has 0 atom stereocenters. The van der Waals surface area contributed by atoms with Gasteiger partial charge in [0.2, 0.25) is 0 Å². The van der Waals surface area contributed by atoms with Crippen molar-refractivity contribution in [1.82, 2.24) is 19.9 Å². The summed E-state index contributed by atoms with van der Waals surface area (Å²) in [6, 6.07) is 31.4. The highest BCUT2D eigenvalue weighted by atomic mass is 127. The number of hydrogen-bond donors (Lipinski definition) is 2. The van der Waals surface area contributed by atoms with E-state index in [1.54, 1.807) is 0 Å². The number of H-pyrrole nitrogens is 2. The lowest BCUT2D eigenvalue weighted by Crippen LogP contribution is -1.87. The fourth-order valence-corrected chi connectivity index (χ4v) is 5.54. The number of fused-ring (bicyclic) bond motifs is 8. The molecule has 0 aliphatic carbocycles. The van der Waals surface area contributed by atoms with Crippen molar-refractivity contribution in [3.8, 4) is 22.3 Å². The number of hydrogen-bond acceptors (Lipinski definition) is 2. The van der Waals surface area contributed by atoms with Crippen LogP contribution in [0.15, 0.2) is 91.0 Å².